The second kappa shape index (κ2) is 12.1. The van der Waals surface area contributed by atoms with Crippen LogP contribution in [0.25, 0.3) is 0 Å². The predicted molar refractivity (Wildman–Crippen MR) is 55.9 cm³/mol. The Bertz CT molecular complexity index is 79.0. The molecule has 0 aliphatic heterocycles. The van der Waals surface area contributed by atoms with Gasteiger partial charge in [-0.25, -0.2) is 0 Å². The Hall–Kier alpha value is 0.137. The van der Waals surface area contributed by atoms with Crippen molar-refractivity contribution in [1.82, 2.24) is 0 Å². The highest BCUT2D eigenvalue weighted by molar-refractivity contribution is 5.97. The maximum Gasteiger partial charge on any atom is 0.246 e. The largest absolute Gasteiger partial charge is 0.416 e. The van der Waals surface area contributed by atoms with Crippen LogP contribution in [0.15, 0.2) is 0 Å². The Morgan fingerprint density at radius 1 is 0.846 bits per heavy atom. The van der Waals surface area contributed by atoms with Crippen LogP contribution in [0.5, 0.6) is 0 Å². The highest BCUT2D eigenvalue weighted by Gasteiger charge is 1.90. The van der Waals surface area contributed by atoms with Gasteiger partial charge in [-0.15, -0.1) is 0 Å². The average molecular weight is 201 g/mol. The molecule has 0 unspecified atom stereocenters. The van der Waals surface area contributed by atoms with Crippen LogP contribution in [-0.4, -0.2) is 30.3 Å². The van der Waals surface area contributed by atoms with E-state index in [0.29, 0.717) is 13.2 Å². The molecule has 0 aromatic carbocycles. The first-order valence-electron chi connectivity index (χ1n) is 5.28. The van der Waals surface area contributed by atoms with Gasteiger partial charge in [-0.05, 0) is 6.42 Å². The van der Waals surface area contributed by atoms with E-state index in [1.165, 1.54) is 38.5 Å². The fourth-order valence-corrected chi connectivity index (χ4v) is 1.27. The van der Waals surface area contributed by atoms with Crippen LogP contribution in [0.1, 0.15) is 45.4 Å². The Balaban J connectivity index is 2.76. The standard InChI is InChI=1S/C10H21O2Si/c1-2-3-4-5-6-7-8-11-9-10-12-13/h2-10H2,1H3. The molecular weight excluding hydrogens is 180 g/mol. The third kappa shape index (κ3) is 12.1. The maximum atomic E-state index is 5.32. The number of hydrogen-bond donors (Lipinski definition) is 0. The SMILES string of the molecule is CCCCCCCCOCCO[Si]. The minimum Gasteiger partial charge on any atom is -0.416 e. The number of hydrogen-bond acceptors (Lipinski definition) is 2. The van der Waals surface area contributed by atoms with Crippen LogP contribution >= 0.6 is 0 Å². The molecule has 0 rings (SSSR count). The Morgan fingerprint density at radius 3 is 2.23 bits per heavy atom. The highest BCUT2D eigenvalue weighted by Crippen LogP contribution is 2.04. The molecule has 0 N–H and O–H groups in total. The molecule has 0 amide bonds. The summed E-state index contributed by atoms with van der Waals surface area (Å²) < 4.78 is 10.0. The zero-order valence-corrected chi connectivity index (χ0v) is 9.68. The van der Waals surface area contributed by atoms with E-state index in [1.807, 2.05) is 0 Å². The fraction of sp³-hybridized carbons (Fsp3) is 1.00. The molecule has 0 heterocycles. The summed E-state index contributed by atoms with van der Waals surface area (Å²) >= 11 is 0. The molecule has 2 nitrogen and oxygen atoms in total. The molecule has 77 valence electrons. The summed E-state index contributed by atoms with van der Waals surface area (Å²) in [5.41, 5.74) is 0. The minimum atomic E-state index is 0.632. The van der Waals surface area contributed by atoms with Crippen molar-refractivity contribution in [2.24, 2.45) is 0 Å². The van der Waals surface area contributed by atoms with Crippen LogP contribution in [0.2, 0.25) is 0 Å². The van der Waals surface area contributed by atoms with Crippen molar-refractivity contribution in [3.05, 3.63) is 0 Å². The first-order valence-corrected chi connectivity index (χ1v) is 5.69. The average Bonchev–Trinajstić information content (AvgIpc) is 2.16. The van der Waals surface area contributed by atoms with Crippen molar-refractivity contribution < 1.29 is 9.16 Å². The van der Waals surface area contributed by atoms with Gasteiger partial charge in [0.05, 0.1) is 13.2 Å². The van der Waals surface area contributed by atoms with Crippen LogP contribution < -0.4 is 0 Å². The fourth-order valence-electron chi connectivity index (χ4n) is 1.19. The Morgan fingerprint density at radius 2 is 1.54 bits per heavy atom. The molecule has 0 aliphatic rings. The first kappa shape index (κ1) is 13.1. The van der Waals surface area contributed by atoms with E-state index < -0.39 is 0 Å². The molecule has 0 aromatic heterocycles. The van der Waals surface area contributed by atoms with E-state index in [4.69, 9.17) is 4.74 Å². The Labute approximate surface area is 85.5 Å². The molecule has 3 radical (unpaired) electrons. The van der Waals surface area contributed by atoms with Gasteiger partial charge in [0.2, 0.25) is 10.5 Å². The molecular formula is C10H21O2Si. The van der Waals surface area contributed by atoms with Crippen molar-refractivity contribution >= 4 is 10.5 Å². The third-order valence-corrected chi connectivity index (χ3v) is 2.18. The lowest BCUT2D eigenvalue weighted by atomic mass is 10.1. The number of ether oxygens (including phenoxy) is 1. The molecule has 0 bridgehead atoms. The lowest BCUT2D eigenvalue weighted by Crippen LogP contribution is -2.03. The third-order valence-electron chi connectivity index (χ3n) is 1.97. The van der Waals surface area contributed by atoms with Crippen molar-refractivity contribution in [3.8, 4) is 0 Å². The molecule has 0 saturated carbocycles. The van der Waals surface area contributed by atoms with Crippen molar-refractivity contribution in [1.29, 1.82) is 0 Å². The van der Waals surface area contributed by atoms with Crippen molar-refractivity contribution in [3.63, 3.8) is 0 Å². The van der Waals surface area contributed by atoms with Crippen molar-refractivity contribution in [2.45, 2.75) is 45.4 Å². The summed E-state index contributed by atoms with van der Waals surface area (Å²) in [5, 5.41) is 0. The highest BCUT2D eigenvalue weighted by atomic mass is 28.2. The molecule has 0 atom stereocenters. The van der Waals surface area contributed by atoms with E-state index in [-0.39, 0.29) is 0 Å². The van der Waals surface area contributed by atoms with Crippen LogP contribution in [0.3, 0.4) is 0 Å². The predicted octanol–water partition coefficient (Wildman–Crippen LogP) is 2.46. The van der Waals surface area contributed by atoms with Gasteiger partial charge in [0.1, 0.15) is 0 Å². The summed E-state index contributed by atoms with van der Waals surface area (Å²) in [6.45, 7) is 4.44. The van der Waals surface area contributed by atoms with E-state index in [1.54, 1.807) is 0 Å². The quantitative estimate of drug-likeness (QED) is 0.399. The smallest absolute Gasteiger partial charge is 0.246 e. The van der Waals surface area contributed by atoms with Gasteiger partial charge in [-0.3, -0.25) is 0 Å². The second-order valence-corrected chi connectivity index (χ2v) is 3.52. The van der Waals surface area contributed by atoms with E-state index in [0.717, 1.165) is 6.61 Å². The molecule has 13 heavy (non-hydrogen) atoms. The van der Waals surface area contributed by atoms with Crippen LogP contribution in [0.4, 0.5) is 0 Å². The number of rotatable bonds is 10. The topological polar surface area (TPSA) is 18.5 Å². The zero-order valence-electron chi connectivity index (χ0n) is 8.68. The number of unbranched alkanes of at least 4 members (excludes halogenated alkanes) is 5. The molecule has 0 aromatic rings. The van der Waals surface area contributed by atoms with Gasteiger partial charge >= 0.3 is 0 Å². The monoisotopic (exact) mass is 201 g/mol. The summed E-state index contributed by atoms with van der Waals surface area (Å²) in [6, 6.07) is 0. The van der Waals surface area contributed by atoms with E-state index >= 15 is 0 Å². The Kier molecular flexibility index (Phi) is 12.3. The molecule has 0 fully saturated rings. The second-order valence-electron chi connectivity index (χ2n) is 3.23. The zero-order chi connectivity index (χ0) is 9.78. The van der Waals surface area contributed by atoms with Gasteiger partial charge in [0.25, 0.3) is 0 Å². The summed E-state index contributed by atoms with van der Waals surface area (Å²) in [6.07, 6.45) is 7.91. The molecule has 0 saturated heterocycles. The van der Waals surface area contributed by atoms with Gasteiger partial charge in [-0.2, -0.15) is 0 Å². The minimum absolute atomic E-state index is 0.632. The molecule has 3 heteroatoms. The molecule has 0 aliphatic carbocycles. The summed E-state index contributed by atoms with van der Waals surface area (Å²) in [5.74, 6) is 0. The first-order chi connectivity index (χ1) is 6.41. The van der Waals surface area contributed by atoms with Crippen LogP contribution in [-0.2, 0) is 9.16 Å². The van der Waals surface area contributed by atoms with E-state index in [2.05, 4.69) is 21.8 Å². The van der Waals surface area contributed by atoms with Crippen molar-refractivity contribution in [2.75, 3.05) is 19.8 Å². The summed E-state index contributed by atoms with van der Waals surface area (Å²) in [7, 11) is 2.92. The van der Waals surface area contributed by atoms with Gasteiger partial charge in [-0.1, -0.05) is 39.0 Å². The van der Waals surface area contributed by atoms with E-state index in [9.17, 15) is 0 Å². The van der Waals surface area contributed by atoms with Crippen LogP contribution in [0, 0.1) is 0 Å². The lowest BCUT2D eigenvalue weighted by molar-refractivity contribution is 0.100. The summed E-state index contributed by atoms with van der Waals surface area (Å²) in [4.78, 5) is 0. The van der Waals surface area contributed by atoms with Gasteiger partial charge in [0.15, 0.2) is 0 Å². The maximum absolute atomic E-state index is 5.32. The molecule has 0 spiro atoms. The van der Waals surface area contributed by atoms with Gasteiger partial charge < -0.3 is 9.16 Å². The normalized spacial score (nSPS) is 10.6. The van der Waals surface area contributed by atoms with Gasteiger partial charge in [0, 0.05) is 6.61 Å². The lowest BCUT2D eigenvalue weighted by Gasteiger charge is -2.03.